The summed E-state index contributed by atoms with van der Waals surface area (Å²) in [6.45, 7) is 0.0229. The Hall–Kier alpha value is -2.77. The number of amides is 2. The van der Waals surface area contributed by atoms with E-state index in [-0.39, 0.29) is 28.1 Å². The summed E-state index contributed by atoms with van der Waals surface area (Å²) in [6, 6.07) is 11.0. The average molecular weight is 391 g/mol. The fourth-order valence-corrected chi connectivity index (χ4v) is 2.70. The zero-order valence-electron chi connectivity index (χ0n) is 13.2. The zero-order chi connectivity index (χ0) is 18.7. The van der Waals surface area contributed by atoms with Gasteiger partial charge in [0.15, 0.2) is 5.11 Å². The topological polar surface area (TPSA) is 67.4 Å². The molecule has 0 unspecified atom stereocenters. The number of hydrogen-bond acceptors (Lipinski definition) is 4. The molecule has 1 aliphatic heterocycles. The van der Waals surface area contributed by atoms with E-state index >= 15 is 0 Å². The lowest BCUT2D eigenvalue weighted by molar-refractivity contribution is -0.123. The average Bonchev–Trinajstić information content (AvgIpc) is 2.58. The van der Waals surface area contributed by atoms with Gasteiger partial charge in [-0.1, -0.05) is 35.9 Å². The molecule has 132 valence electrons. The predicted octanol–water partition coefficient (Wildman–Crippen LogP) is 2.97. The number of thiocarbonyl (C=S) groups is 1. The second-order valence-electron chi connectivity index (χ2n) is 5.37. The van der Waals surface area contributed by atoms with Gasteiger partial charge in [0.05, 0.1) is 5.02 Å². The molecular formula is C18H12ClFN2O3S. The van der Waals surface area contributed by atoms with E-state index < -0.39 is 11.8 Å². The first-order valence-electron chi connectivity index (χ1n) is 7.48. The van der Waals surface area contributed by atoms with Gasteiger partial charge in [0.2, 0.25) is 0 Å². The Morgan fingerprint density at radius 2 is 1.81 bits per heavy atom. The maximum absolute atomic E-state index is 13.6. The number of nitrogens with one attached hydrogen (secondary N) is 2. The van der Waals surface area contributed by atoms with Crippen LogP contribution in [0.4, 0.5) is 4.39 Å². The number of hydrogen-bond donors (Lipinski definition) is 2. The molecule has 0 radical (unpaired) electrons. The number of rotatable bonds is 4. The third kappa shape index (κ3) is 4.07. The maximum atomic E-state index is 13.6. The molecule has 1 aliphatic rings. The van der Waals surface area contributed by atoms with Gasteiger partial charge < -0.3 is 4.74 Å². The largest absolute Gasteiger partial charge is 0.487 e. The van der Waals surface area contributed by atoms with Crippen LogP contribution in [-0.2, 0) is 16.2 Å². The summed E-state index contributed by atoms with van der Waals surface area (Å²) in [5, 5.41) is 4.93. The molecule has 5 nitrogen and oxygen atoms in total. The van der Waals surface area contributed by atoms with Crippen molar-refractivity contribution in [1.82, 2.24) is 10.6 Å². The highest BCUT2D eigenvalue weighted by Crippen LogP contribution is 2.27. The summed E-state index contributed by atoms with van der Waals surface area (Å²) < 4.78 is 19.1. The highest BCUT2D eigenvalue weighted by atomic mass is 35.5. The van der Waals surface area contributed by atoms with Crippen molar-refractivity contribution >= 4 is 46.8 Å². The van der Waals surface area contributed by atoms with Crippen molar-refractivity contribution < 1.29 is 18.7 Å². The lowest BCUT2D eigenvalue weighted by atomic mass is 10.1. The van der Waals surface area contributed by atoms with Gasteiger partial charge in [0.1, 0.15) is 23.7 Å². The smallest absolute Gasteiger partial charge is 0.263 e. The Morgan fingerprint density at radius 1 is 1.12 bits per heavy atom. The first kappa shape index (κ1) is 18.0. The number of ether oxygens (including phenoxy) is 1. The van der Waals surface area contributed by atoms with Crippen molar-refractivity contribution in [3.05, 3.63) is 70.0 Å². The molecule has 0 saturated carbocycles. The van der Waals surface area contributed by atoms with Crippen LogP contribution in [0.2, 0.25) is 5.02 Å². The lowest BCUT2D eigenvalue weighted by Gasteiger charge is -2.16. The van der Waals surface area contributed by atoms with Gasteiger partial charge in [-0.25, -0.2) is 4.39 Å². The second kappa shape index (κ2) is 7.63. The summed E-state index contributed by atoms with van der Waals surface area (Å²) >= 11 is 10.9. The first-order chi connectivity index (χ1) is 12.4. The Kier molecular flexibility index (Phi) is 5.29. The minimum absolute atomic E-state index is 0.0229. The van der Waals surface area contributed by atoms with Crippen LogP contribution in [0.5, 0.6) is 5.75 Å². The van der Waals surface area contributed by atoms with E-state index in [9.17, 15) is 14.0 Å². The minimum Gasteiger partial charge on any atom is -0.487 e. The lowest BCUT2D eigenvalue weighted by Crippen LogP contribution is -2.51. The highest BCUT2D eigenvalue weighted by Gasteiger charge is 2.25. The summed E-state index contributed by atoms with van der Waals surface area (Å²) in [6.07, 6.45) is 1.39. The Labute approximate surface area is 158 Å². The van der Waals surface area contributed by atoms with Crippen LogP contribution in [0.1, 0.15) is 11.1 Å². The van der Waals surface area contributed by atoms with Crippen molar-refractivity contribution in [2.75, 3.05) is 0 Å². The molecule has 3 rings (SSSR count). The first-order valence-corrected chi connectivity index (χ1v) is 8.27. The van der Waals surface area contributed by atoms with E-state index in [1.54, 1.807) is 36.4 Å². The summed E-state index contributed by atoms with van der Waals surface area (Å²) in [5.41, 5.74) is 0.845. The molecule has 2 amide bonds. The molecule has 1 fully saturated rings. The Morgan fingerprint density at radius 3 is 2.46 bits per heavy atom. The fourth-order valence-electron chi connectivity index (χ4n) is 2.27. The maximum Gasteiger partial charge on any atom is 0.263 e. The monoisotopic (exact) mass is 390 g/mol. The van der Waals surface area contributed by atoms with Gasteiger partial charge in [-0.15, -0.1) is 0 Å². The van der Waals surface area contributed by atoms with Gasteiger partial charge in [-0.2, -0.15) is 0 Å². The molecule has 0 atom stereocenters. The summed E-state index contributed by atoms with van der Waals surface area (Å²) in [4.78, 5) is 23.7. The van der Waals surface area contributed by atoms with Crippen LogP contribution in [-0.4, -0.2) is 16.9 Å². The molecule has 26 heavy (non-hydrogen) atoms. The molecule has 2 aromatic carbocycles. The Bertz CT molecular complexity index is 924. The standard InChI is InChI=1S/C18H12ClFN2O3S/c19-13-8-10(7-12-16(23)21-18(26)22-17(12)24)5-6-15(13)25-9-11-3-1-2-4-14(11)20/h1-8H,9H2,(H2,21,22,23,24,26). The number of carbonyl (C=O) groups excluding carboxylic acids is 2. The van der Waals surface area contributed by atoms with Crippen LogP contribution in [0, 0.1) is 5.82 Å². The van der Waals surface area contributed by atoms with Gasteiger partial charge in [0.25, 0.3) is 11.8 Å². The molecule has 1 saturated heterocycles. The molecule has 0 spiro atoms. The van der Waals surface area contributed by atoms with E-state index in [4.69, 9.17) is 28.6 Å². The predicted molar refractivity (Wildman–Crippen MR) is 99.0 cm³/mol. The van der Waals surface area contributed by atoms with Crippen molar-refractivity contribution in [2.24, 2.45) is 0 Å². The normalized spacial score (nSPS) is 13.9. The van der Waals surface area contributed by atoms with E-state index in [1.165, 1.54) is 12.1 Å². The minimum atomic E-state index is -0.588. The van der Waals surface area contributed by atoms with Gasteiger partial charge in [-0.05, 0) is 42.1 Å². The van der Waals surface area contributed by atoms with Gasteiger partial charge in [0, 0.05) is 5.56 Å². The highest BCUT2D eigenvalue weighted by molar-refractivity contribution is 7.80. The molecule has 8 heteroatoms. The SMILES string of the molecule is O=C1NC(=S)NC(=O)C1=Cc1ccc(OCc2ccccc2F)c(Cl)c1. The van der Waals surface area contributed by atoms with Gasteiger partial charge >= 0.3 is 0 Å². The molecule has 0 aliphatic carbocycles. The second-order valence-corrected chi connectivity index (χ2v) is 6.18. The van der Waals surface area contributed by atoms with Crippen LogP contribution in [0.3, 0.4) is 0 Å². The van der Waals surface area contributed by atoms with E-state index in [0.29, 0.717) is 16.9 Å². The third-order valence-electron chi connectivity index (χ3n) is 3.55. The molecule has 2 N–H and O–H groups in total. The number of halogens is 2. The summed E-state index contributed by atoms with van der Waals surface area (Å²) in [5.74, 6) is -1.18. The Balaban J connectivity index is 1.76. The van der Waals surface area contributed by atoms with Crippen LogP contribution >= 0.6 is 23.8 Å². The third-order valence-corrected chi connectivity index (χ3v) is 4.05. The molecule has 0 aromatic heterocycles. The van der Waals surface area contributed by atoms with Crippen molar-refractivity contribution in [3.63, 3.8) is 0 Å². The molecule has 2 aromatic rings. The van der Waals surface area contributed by atoms with E-state index in [2.05, 4.69) is 10.6 Å². The number of carbonyl (C=O) groups is 2. The zero-order valence-corrected chi connectivity index (χ0v) is 14.8. The summed E-state index contributed by atoms with van der Waals surface area (Å²) in [7, 11) is 0. The fraction of sp³-hybridized carbons (Fsp3) is 0.0556. The molecular weight excluding hydrogens is 379 g/mol. The molecule has 0 bridgehead atoms. The number of benzene rings is 2. The molecule has 1 heterocycles. The van der Waals surface area contributed by atoms with Crippen molar-refractivity contribution in [3.8, 4) is 5.75 Å². The van der Waals surface area contributed by atoms with Crippen LogP contribution in [0.25, 0.3) is 6.08 Å². The van der Waals surface area contributed by atoms with Gasteiger partial charge in [-0.3, -0.25) is 20.2 Å². The van der Waals surface area contributed by atoms with E-state index in [1.807, 2.05) is 0 Å². The van der Waals surface area contributed by atoms with Crippen LogP contribution < -0.4 is 15.4 Å². The van der Waals surface area contributed by atoms with Crippen LogP contribution in [0.15, 0.2) is 48.0 Å². The van der Waals surface area contributed by atoms with Crippen molar-refractivity contribution in [1.29, 1.82) is 0 Å². The van der Waals surface area contributed by atoms with Crippen molar-refractivity contribution in [2.45, 2.75) is 6.61 Å². The quantitative estimate of drug-likeness (QED) is 0.478. The van der Waals surface area contributed by atoms with E-state index in [0.717, 1.165) is 0 Å².